The van der Waals surface area contributed by atoms with Gasteiger partial charge in [0.2, 0.25) is 5.91 Å². The lowest BCUT2D eigenvalue weighted by molar-refractivity contribution is -0.122. The number of para-hydroxylation sites is 1. The van der Waals surface area contributed by atoms with E-state index in [4.69, 9.17) is 0 Å². The zero-order valence-corrected chi connectivity index (χ0v) is 12.9. The summed E-state index contributed by atoms with van der Waals surface area (Å²) in [6.07, 6.45) is 5.51. The Morgan fingerprint density at radius 3 is 2.86 bits per heavy atom. The molecule has 0 atom stereocenters. The van der Waals surface area contributed by atoms with Gasteiger partial charge in [0.25, 0.3) is 0 Å². The zero-order valence-electron chi connectivity index (χ0n) is 12.0. The molecule has 110 valence electrons. The summed E-state index contributed by atoms with van der Waals surface area (Å²) in [6, 6.07) is 10.2. The minimum atomic E-state index is 0.148. The molecule has 1 saturated carbocycles. The fourth-order valence-electron chi connectivity index (χ4n) is 2.68. The molecule has 0 aliphatic heterocycles. The van der Waals surface area contributed by atoms with E-state index in [2.05, 4.69) is 41.1 Å². The van der Waals surface area contributed by atoms with Crippen molar-refractivity contribution in [3.63, 3.8) is 0 Å². The van der Waals surface area contributed by atoms with Crippen molar-refractivity contribution in [2.45, 2.75) is 25.7 Å². The van der Waals surface area contributed by atoms with Crippen LogP contribution in [0.15, 0.2) is 36.5 Å². The molecule has 0 unspecified atom stereocenters. The van der Waals surface area contributed by atoms with Gasteiger partial charge >= 0.3 is 0 Å². The summed E-state index contributed by atoms with van der Waals surface area (Å²) in [4.78, 5) is 16.4. The molecule has 1 aromatic carbocycles. The van der Waals surface area contributed by atoms with Crippen LogP contribution in [-0.4, -0.2) is 23.2 Å². The Labute approximate surface area is 130 Å². The molecule has 3 nitrogen and oxygen atoms in total. The highest BCUT2D eigenvalue weighted by molar-refractivity contribution is 7.80. The van der Waals surface area contributed by atoms with Crippen molar-refractivity contribution in [3.8, 4) is 0 Å². The van der Waals surface area contributed by atoms with Crippen LogP contribution in [0.25, 0.3) is 10.9 Å². The number of aromatic nitrogens is 1. The van der Waals surface area contributed by atoms with Crippen LogP contribution < -0.4 is 5.32 Å². The second-order valence-corrected chi connectivity index (χ2v) is 6.24. The van der Waals surface area contributed by atoms with Crippen molar-refractivity contribution in [2.75, 3.05) is 12.3 Å². The topological polar surface area (TPSA) is 42.0 Å². The lowest BCUT2D eigenvalue weighted by Gasteiger charge is -2.12. The first-order chi connectivity index (χ1) is 10.2. The SMILES string of the molecule is O=C(CC1(CS)CC1)NCCc1cccc2cccnc12. The average Bonchev–Trinajstić information content (AvgIpc) is 3.27. The molecule has 3 rings (SSSR count). The molecule has 1 aliphatic rings. The molecular weight excluding hydrogens is 280 g/mol. The van der Waals surface area contributed by atoms with Crippen LogP contribution in [0, 0.1) is 5.41 Å². The number of nitrogens with zero attached hydrogens (tertiary/aromatic N) is 1. The fourth-order valence-corrected chi connectivity index (χ4v) is 3.10. The maximum Gasteiger partial charge on any atom is 0.220 e. The summed E-state index contributed by atoms with van der Waals surface area (Å²) in [5.41, 5.74) is 2.40. The summed E-state index contributed by atoms with van der Waals surface area (Å²) in [6.45, 7) is 0.664. The van der Waals surface area contributed by atoms with E-state index in [0.717, 1.165) is 35.9 Å². The lowest BCUT2D eigenvalue weighted by Crippen LogP contribution is -2.28. The van der Waals surface area contributed by atoms with Gasteiger partial charge in [-0.05, 0) is 42.1 Å². The highest BCUT2D eigenvalue weighted by Gasteiger charge is 2.42. The Morgan fingerprint density at radius 2 is 2.10 bits per heavy atom. The third kappa shape index (κ3) is 3.38. The Balaban J connectivity index is 1.56. The smallest absolute Gasteiger partial charge is 0.220 e. The van der Waals surface area contributed by atoms with Crippen LogP contribution in [0.2, 0.25) is 0 Å². The number of amides is 1. The van der Waals surface area contributed by atoms with Crippen LogP contribution in [-0.2, 0) is 11.2 Å². The van der Waals surface area contributed by atoms with Gasteiger partial charge in [0.05, 0.1) is 5.52 Å². The molecule has 2 aromatic rings. The number of carbonyl (C=O) groups excluding carboxylic acids is 1. The number of rotatable bonds is 6. The van der Waals surface area contributed by atoms with Crippen LogP contribution in [0.5, 0.6) is 0 Å². The molecule has 21 heavy (non-hydrogen) atoms. The van der Waals surface area contributed by atoms with Gasteiger partial charge in [0.1, 0.15) is 0 Å². The summed E-state index contributed by atoms with van der Waals surface area (Å²) in [5, 5.41) is 4.17. The minimum absolute atomic E-state index is 0.148. The van der Waals surface area contributed by atoms with E-state index >= 15 is 0 Å². The number of thiol groups is 1. The molecule has 4 heteroatoms. The summed E-state index contributed by atoms with van der Waals surface area (Å²) < 4.78 is 0. The highest BCUT2D eigenvalue weighted by atomic mass is 32.1. The molecule has 0 spiro atoms. The molecule has 1 aromatic heterocycles. The molecule has 1 heterocycles. The van der Waals surface area contributed by atoms with E-state index in [1.165, 1.54) is 5.56 Å². The second-order valence-electron chi connectivity index (χ2n) is 5.93. The van der Waals surface area contributed by atoms with Gasteiger partial charge in [-0.1, -0.05) is 24.3 Å². The maximum atomic E-state index is 12.0. The summed E-state index contributed by atoms with van der Waals surface area (Å²) >= 11 is 4.34. The first kappa shape index (κ1) is 14.4. The van der Waals surface area contributed by atoms with Gasteiger partial charge in [0.15, 0.2) is 0 Å². The molecule has 1 aliphatic carbocycles. The molecule has 1 fully saturated rings. The van der Waals surface area contributed by atoms with Gasteiger partial charge in [-0.15, -0.1) is 0 Å². The number of hydrogen-bond donors (Lipinski definition) is 2. The van der Waals surface area contributed by atoms with E-state index in [1.807, 2.05) is 18.3 Å². The molecular formula is C17H20N2OS. The van der Waals surface area contributed by atoms with Crippen LogP contribution in [0.1, 0.15) is 24.8 Å². The van der Waals surface area contributed by atoms with E-state index in [-0.39, 0.29) is 11.3 Å². The van der Waals surface area contributed by atoms with Crippen LogP contribution >= 0.6 is 12.6 Å². The number of fused-ring (bicyclic) bond motifs is 1. The Bertz CT molecular complexity index is 647. The number of pyridine rings is 1. The quantitative estimate of drug-likeness (QED) is 0.805. The third-order valence-electron chi connectivity index (χ3n) is 4.26. The first-order valence-corrected chi connectivity index (χ1v) is 8.06. The molecule has 1 amide bonds. The van der Waals surface area contributed by atoms with Crippen molar-refractivity contribution >= 4 is 29.4 Å². The van der Waals surface area contributed by atoms with Gasteiger partial charge in [-0.2, -0.15) is 12.6 Å². The Morgan fingerprint density at radius 1 is 1.29 bits per heavy atom. The molecule has 1 N–H and O–H groups in total. The van der Waals surface area contributed by atoms with Crippen molar-refractivity contribution < 1.29 is 4.79 Å². The minimum Gasteiger partial charge on any atom is -0.356 e. The second kappa shape index (κ2) is 6.06. The van der Waals surface area contributed by atoms with Crippen molar-refractivity contribution in [3.05, 3.63) is 42.1 Å². The van der Waals surface area contributed by atoms with Crippen molar-refractivity contribution in [2.24, 2.45) is 5.41 Å². The van der Waals surface area contributed by atoms with E-state index in [0.29, 0.717) is 13.0 Å². The van der Waals surface area contributed by atoms with Crippen LogP contribution in [0.3, 0.4) is 0 Å². The predicted molar refractivity (Wildman–Crippen MR) is 88.6 cm³/mol. The molecule has 0 radical (unpaired) electrons. The zero-order chi connectivity index (χ0) is 14.7. The number of carbonyl (C=O) groups is 1. The maximum absolute atomic E-state index is 12.0. The first-order valence-electron chi connectivity index (χ1n) is 7.43. The van der Waals surface area contributed by atoms with Gasteiger partial charge in [0, 0.05) is 24.5 Å². The molecule has 0 bridgehead atoms. The highest BCUT2D eigenvalue weighted by Crippen LogP contribution is 2.49. The van der Waals surface area contributed by atoms with Crippen molar-refractivity contribution in [1.82, 2.24) is 10.3 Å². The number of hydrogen-bond acceptors (Lipinski definition) is 3. The largest absolute Gasteiger partial charge is 0.356 e. The Hall–Kier alpha value is -1.55. The van der Waals surface area contributed by atoms with Gasteiger partial charge < -0.3 is 5.32 Å². The van der Waals surface area contributed by atoms with Crippen molar-refractivity contribution in [1.29, 1.82) is 0 Å². The van der Waals surface area contributed by atoms with Gasteiger partial charge in [-0.25, -0.2) is 0 Å². The average molecular weight is 300 g/mol. The standard InChI is InChI=1S/C17H20N2OS/c20-15(11-17(12-21)7-8-17)18-10-6-14-4-1-3-13-5-2-9-19-16(13)14/h1-5,9,21H,6-8,10-12H2,(H,18,20). The molecule has 0 saturated heterocycles. The van der Waals surface area contributed by atoms with E-state index < -0.39 is 0 Å². The number of benzene rings is 1. The normalized spacial score (nSPS) is 15.9. The lowest BCUT2D eigenvalue weighted by atomic mass is 10.0. The third-order valence-corrected chi connectivity index (χ3v) is 4.93. The van der Waals surface area contributed by atoms with Gasteiger partial charge in [-0.3, -0.25) is 9.78 Å². The Kier molecular flexibility index (Phi) is 4.15. The predicted octanol–water partition coefficient (Wildman–Crippen LogP) is 2.99. The van der Waals surface area contributed by atoms with Crippen LogP contribution in [0.4, 0.5) is 0 Å². The number of nitrogens with one attached hydrogen (secondary N) is 1. The fraction of sp³-hybridized carbons (Fsp3) is 0.412. The van der Waals surface area contributed by atoms with E-state index in [1.54, 1.807) is 0 Å². The van der Waals surface area contributed by atoms with E-state index in [9.17, 15) is 4.79 Å². The monoisotopic (exact) mass is 300 g/mol. The summed E-state index contributed by atoms with van der Waals surface area (Å²) in [5.74, 6) is 0.961. The summed E-state index contributed by atoms with van der Waals surface area (Å²) in [7, 11) is 0.